The van der Waals surface area contributed by atoms with E-state index in [9.17, 15) is 8.42 Å². The van der Waals surface area contributed by atoms with Gasteiger partial charge in [-0.1, -0.05) is 0 Å². The highest BCUT2D eigenvalue weighted by Gasteiger charge is 1.96. The van der Waals surface area contributed by atoms with Crippen molar-refractivity contribution >= 4 is 20.9 Å². The molecule has 0 spiro atoms. The van der Waals surface area contributed by atoms with Crippen LogP contribution in [0.15, 0.2) is 24.3 Å². The Kier molecular flexibility index (Phi) is 1.82. The number of rotatable bonds is 0. The number of hydrogen-bond acceptors (Lipinski definition) is 3. The van der Waals surface area contributed by atoms with Crippen molar-refractivity contribution in [1.82, 2.24) is 0 Å². The predicted molar refractivity (Wildman–Crippen MR) is 39.9 cm³/mol. The van der Waals surface area contributed by atoms with Gasteiger partial charge in [-0.3, -0.25) is 0 Å². The summed E-state index contributed by atoms with van der Waals surface area (Å²) in [6, 6.07) is 0. The maximum absolute atomic E-state index is 10.3. The van der Waals surface area contributed by atoms with Crippen molar-refractivity contribution < 1.29 is 8.42 Å². The molecule has 0 aromatic heterocycles. The fraction of sp³-hybridized carbons (Fsp3) is 0. The zero-order valence-corrected chi connectivity index (χ0v) is 5.85. The molecule has 1 aliphatic carbocycles. The zero-order valence-electron chi connectivity index (χ0n) is 5.03. The fourth-order valence-corrected chi connectivity index (χ4v) is 0.924. The molecule has 0 amide bonds. The van der Waals surface area contributed by atoms with Gasteiger partial charge in [0.15, 0.2) is 0 Å². The van der Waals surface area contributed by atoms with Gasteiger partial charge < -0.3 is 5.41 Å². The lowest BCUT2D eigenvalue weighted by Crippen LogP contribution is -1.98. The molecule has 0 saturated carbocycles. The Morgan fingerprint density at radius 3 is 2.00 bits per heavy atom. The third kappa shape index (κ3) is 1.41. The first-order chi connectivity index (χ1) is 4.70. The van der Waals surface area contributed by atoms with Gasteiger partial charge >= 0.3 is 0 Å². The van der Waals surface area contributed by atoms with Crippen molar-refractivity contribution in [3.63, 3.8) is 0 Å². The molecule has 0 bridgehead atoms. The summed E-state index contributed by atoms with van der Waals surface area (Å²) in [7, 11) is -2.17. The minimum Gasteiger partial charge on any atom is -0.301 e. The largest absolute Gasteiger partial charge is 0.301 e. The highest BCUT2D eigenvalue weighted by atomic mass is 32.2. The summed E-state index contributed by atoms with van der Waals surface area (Å²) in [4.78, 5) is 0.219. The van der Waals surface area contributed by atoms with Crippen molar-refractivity contribution in [3.05, 3.63) is 24.3 Å². The Bertz CT molecular complexity index is 320. The van der Waals surface area contributed by atoms with E-state index < -0.39 is 10.3 Å². The molecular weight excluding hydrogens is 150 g/mol. The first kappa shape index (κ1) is 6.95. The molecule has 0 fully saturated rings. The van der Waals surface area contributed by atoms with Gasteiger partial charge in [-0.2, -0.15) is 8.42 Å². The lowest BCUT2D eigenvalue weighted by molar-refractivity contribution is 0.627. The molecule has 1 aliphatic rings. The lowest BCUT2D eigenvalue weighted by atomic mass is 10.2. The minimum atomic E-state index is -2.17. The molecule has 0 heterocycles. The number of hydrogen-bond donors (Lipinski definition) is 1. The first-order valence-electron chi connectivity index (χ1n) is 2.61. The van der Waals surface area contributed by atoms with Crippen molar-refractivity contribution in [1.29, 1.82) is 5.41 Å². The van der Waals surface area contributed by atoms with Gasteiger partial charge in [0.1, 0.15) is 0 Å². The van der Waals surface area contributed by atoms with Crippen molar-refractivity contribution in [2.45, 2.75) is 0 Å². The topological polar surface area (TPSA) is 58.0 Å². The molecule has 0 radical (unpaired) electrons. The maximum Gasteiger partial charge on any atom is 0.221 e. The van der Waals surface area contributed by atoms with Crippen molar-refractivity contribution in [2.75, 3.05) is 0 Å². The van der Waals surface area contributed by atoms with Gasteiger partial charge in [0.25, 0.3) is 0 Å². The van der Waals surface area contributed by atoms with Crippen LogP contribution in [0, 0.1) is 5.41 Å². The van der Waals surface area contributed by atoms with E-state index in [0.717, 1.165) is 0 Å². The van der Waals surface area contributed by atoms with Crippen molar-refractivity contribution in [2.24, 2.45) is 0 Å². The molecule has 0 unspecified atom stereocenters. The summed E-state index contributed by atoms with van der Waals surface area (Å²) >= 11 is 0. The fourth-order valence-electron chi connectivity index (χ4n) is 0.566. The number of allylic oxidation sites excluding steroid dienone is 4. The summed E-state index contributed by atoms with van der Waals surface area (Å²) in [5.74, 6) is 0. The quantitative estimate of drug-likeness (QED) is 0.507. The predicted octanol–water partition coefficient (Wildman–Crippen LogP) is 0.184. The van der Waals surface area contributed by atoms with E-state index in [4.69, 9.17) is 5.41 Å². The summed E-state index contributed by atoms with van der Waals surface area (Å²) in [5.41, 5.74) is 0.314. The monoisotopic (exact) mass is 155 g/mol. The van der Waals surface area contributed by atoms with E-state index in [1.807, 2.05) is 0 Å². The zero-order chi connectivity index (χ0) is 7.56. The third-order valence-corrected chi connectivity index (χ3v) is 1.70. The van der Waals surface area contributed by atoms with Gasteiger partial charge in [0.05, 0.1) is 10.6 Å². The van der Waals surface area contributed by atoms with Crippen LogP contribution >= 0.6 is 0 Å². The minimum absolute atomic E-state index is 0.219. The molecule has 0 saturated heterocycles. The van der Waals surface area contributed by atoms with Gasteiger partial charge in [-0.05, 0) is 24.3 Å². The molecule has 3 nitrogen and oxygen atoms in total. The molecular formula is C6H5NO2S. The second-order valence-electron chi connectivity index (χ2n) is 1.76. The molecule has 52 valence electrons. The summed E-state index contributed by atoms with van der Waals surface area (Å²) in [5, 5.41) is 7.03. The Balaban J connectivity index is 3.15. The van der Waals surface area contributed by atoms with E-state index in [1.165, 1.54) is 24.3 Å². The maximum atomic E-state index is 10.3. The molecule has 0 aliphatic heterocycles. The Morgan fingerprint density at radius 2 is 1.60 bits per heavy atom. The lowest BCUT2D eigenvalue weighted by Gasteiger charge is -1.93. The van der Waals surface area contributed by atoms with E-state index in [2.05, 4.69) is 0 Å². The molecule has 0 atom stereocenters. The second-order valence-corrected chi connectivity index (χ2v) is 2.70. The van der Waals surface area contributed by atoms with E-state index in [1.54, 1.807) is 0 Å². The van der Waals surface area contributed by atoms with Gasteiger partial charge in [0, 0.05) is 0 Å². The summed E-state index contributed by atoms with van der Waals surface area (Å²) < 4.78 is 20.5. The highest BCUT2D eigenvalue weighted by molar-refractivity contribution is 7.73. The Morgan fingerprint density at radius 1 is 1.10 bits per heavy atom. The molecule has 10 heavy (non-hydrogen) atoms. The Hall–Kier alpha value is -1.16. The number of nitrogens with one attached hydrogen (secondary N) is 1. The summed E-state index contributed by atoms with van der Waals surface area (Å²) in [6.45, 7) is 0. The molecule has 1 rings (SSSR count). The van der Waals surface area contributed by atoms with Crippen LogP contribution in [0.4, 0.5) is 0 Å². The van der Waals surface area contributed by atoms with Crippen LogP contribution < -0.4 is 0 Å². The average molecular weight is 155 g/mol. The van der Waals surface area contributed by atoms with Crippen LogP contribution in [0.1, 0.15) is 0 Å². The standard InChI is InChI=1S/C6H5NO2S/c7-5-1-3-6(4-2-5)10(8)9/h1-4,7H. The van der Waals surface area contributed by atoms with E-state index in [-0.39, 0.29) is 4.86 Å². The molecule has 1 N–H and O–H groups in total. The highest BCUT2D eigenvalue weighted by Crippen LogP contribution is 1.92. The van der Waals surface area contributed by atoms with Gasteiger partial charge in [0.2, 0.25) is 10.3 Å². The van der Waals surface area contributed by atoms with Crippen LogP contribution in [0.3, 0.4) is 0 Å². The third-order valence-electron chi connectivity index (χ3n) is 1.05. The van der Waals surface area contributed by atoms with Crippen LogP contribution in [0.5, 0.6) is 0 Å². The first-order valence-corrected chi connectivity index (χ1v) is 3.68. The van der Waals surface area contributed by atoms with E-state index in [0.29, 0.717) is 5.71 Å². The average Bonchev–Trinajstić information content (AvgIpc) is 1.88. The van der Waals surface area contributed by atoms with Crippen LogP contribution in [0.2, 0.25) is 0 Å². The molecule has 4 heteroatoms. The molecule has 0 aromatic rings. The van der Waals surface area contributed by atoms with Crippen LogP contribution in [0.25, 0.3) is 0 Å². The van der Waals surface area contributed by atoms with Crippen LogP contribution in [-0.4, -0.2) is 19.0 Å². The van der Waals surface area contributed by atoms with E-state index >= 15 is 0 Å². The smallest absolute Gasteiger partial charge is 0.221 e. The normalized spacial score (nSPS) is 16.0. The summed E-state index contributed by atoms with van der Waals surface area (Å²) in [6.07, 6.45) is 5.66. The van der Waals surface area contributed by atoms with Gasteiger partial charge in [-0.25, -0.2) is 0 Å². The van der Waals surface area contributed by atoms with Gasteiger partial charge in [-0.15, -0.1) is 0 Å². The molecule has 0 aromatic carbocycles. The SMILES string of the molecule is N=C1C=CC(=S(=O)=O)C=C1. The van der Waals surface area contributed by atoms with Crippen LogP contribution in [-0.2, 0) is 10.3 Å². The van der Waals surface area contributed by atoms with Crippen molar-refractivity contribution in [3.8, 4) is 0 Å². The Labute approximate surface area is 59.7 Å². The second kappa shape index (κ2) is 2.62.